The van der Waals surface area contributed by atoms with E-state index < -0.39 is 35.5 Å². The third kappa shape index (κ3) is 5.06. The number of carbonyl (C=O) groups excluding carboxylic acids is 4. The van der Waals surface area contributed by atoms with Crippen molar-refractivity contribution in [3.63, 3.8) is 0 Å². The van der Waals surface area contributed by atoms with Crippen molar-refractivity contribution in [2.75, 3.05) is 13.1 Å². The first-order chi connectivity index (χ1) is 12.6. The molecule has 0 aliphatic carbocycles. The van der Waals surface area contributed by atoms with Crippen molar-refractivity contribution >= 4 is 23.8 Å². The van der Waals surface area contributed by atoms with Crippen LogP contribution >= 0.6 is 0 Å². The molecule has 27 heavy (non-hydrogen) atoms. The van der Waals surface area contributed by atoms with Crippen LogP contribution in [0.15, 0.2) is 24.3 Å². The molecule has 0 saturated heterocycles. The number of hydrogen-bond acceptors (Lipinski definition) is 5. The summed E-state index contributed by atoms with van der Waals surface area (Å²) in [5, 5.41) is 5.26. The Labute approximate surface area is 158 Å². The van der Waals surface area contributed by atoms with Crippen LogP contribution in [0.5, 0.6) is 0 Å². The van der Waals surface area contributed by atoms with Crippen LogP contribution in [-0.4, -0.2) is 53.4 Å². The first-order valence-corrected chi connectivity index (χ1v) is 8.83. The summed E-state index contributed by atoms with van der Waals surface area (Å²) < 4.78 is 5.11. The van der Waals surface area contributed by atoms with Gasteiger partial charge in [-0.2, -0.15) is 0 Å². The lowest BCUT2D eigenvalue weighted by atomic mass is 10.1. The van der Waals surface area contributed by atoms with Crippen LogP contribution < -0.4 is 10.6 Å². The normalized spacial score (nSPS) is 14.6. The van der Waals surface area contributed by atoms with E-state index in [0.717, 1.165) is 4.90 Å². The second kappa shape index (κ2) is 8.20. The average molecular weight is 375 g/mol. The predicted octanol–water partition coefficient (Wildman–Crippen LogP) is 1.70. The van der Waals surface area contributed by atoms with Crippen molar-refractivity contribution in [3.05, 3.63) is 35.4 Å². The summed E-state index contributed by atoms with van der Waals surface area (Å²) in [6, 6.07) is 5.58. The van der Waals surface area contributed by atoms with Gasteiger partial charge in [-0.1, -0.05) is 12.1 Å². The highest BCUT2D eigenvalue weighted by Crippen LogP contribution is 2.24. The number of amides is 4. The van der Waals surface area contributed by atoms with E-state index in [0.29, 0.717) is 30.6 Å². The molecule has 0 fully saturated rings. The molecule has 0 spiro atoms. The number of benzene rings is 1. The molecular formula is C19H25N3O5. The monoisotopic (exact) mass is 375 g/mol. The Morgan fingerprint density at radius 2 is 1.56 bits per heavy atom. The van der Waals surface area contributed by atoms with Gasteiger partial charge >= 0.3 is 6.09 Å². The minimum absolute atomic E-state index is 0.294. The maximum atomic E-state index is 12.4. The summed E-state index contributed by atoms with van der Waals surface area (Å²) in [6.07, 6.45) is -0.0342. The molecule has 1 aromatic carbocycles. The second-order valence-corrected chi connectivity index (χ2v) is 7.28. The largest absolute Gasteiger partial charge is 0.444 e. The van der Waals surface area contributed by atoms with Gasteiger partial charge in [-0.3, -0.25) is 19.3 Å². The summed E-state index contributed by atoms with van der Waals surface area (Å²) in [5.41, 5.74) is 0.0486. The number of carbonyl (C=O) groups is 4. The third-order valence-electron chi connectivity index (χ3n) is 3.91. The summed E-state index contributed by atoms with van der Waals surface area (Å²) >= 11 is 0. The SMILES string of the molecule is CC(C(=O)NCCCNC(=O)OC(C)(C)C)N1C(=O)c2ccccc2C1=O. The Hall–Kier alpha value is -2.90. The zero-order valence-corrected chi connectivity index (χ0v) is 16.0. The van der Waals surface area contributed by atoms with Crippen molar-refractivity contribution in [2.24, 2.45) is 0 Å². The van der Waals surface area contributed by atoms with E-state index in [9.17, 15) is 19.2 Å². The molecule has 2 N–H and O–H groups in total. The van der Waals surface area contributed by atoms with E-state index in [1.807, 2.05) is 0 Å². The lowest BCUT2D eigenvalue weighted by molar-refractivity contribution is -0.124. The van der Waals surface area contributed by atoms with Crippen molar-refractivity contribution in [1.82, 2.24) is 15.5 Å². The topological polar surface area (TPSA) is 105 Å². The Morgan fingerprint density at radius 3 is 2.07 bits per heavy atom. The standard InChI is InChI=1S/C19H25N3O5/c1-12(22-16(24)13-8-5-6-9-14(13)17(22)25)15(23)20-10-7-11-21-18(26)27-19(2,3)4/h5-6,8-9,12H,7,10-11H2,1-4H3,(H,20,23)(H,21,26). The lowest BCUT2D eigenvalue weighted by Crippen LogP contribution is -2.48. The van der Waals surface area contributed by atoms with Gasteiger partial charge in [0.1, 0.15) is 11.6 Å². The summed E-state index contributed by atoms with van der Waals surface area (Å²) in [7, 11) is 0. The number of alkyl carbamates (subject to hydrolysis) is 1. The van der Waals surface area contributed by atoms with Crippen LogP contribution in [0.25, 0.3) is 0 Å². The molecule has 0 saturated carbocycles. The molecule has 8 nitrogen and oxygen atoms in total. The van der Waals surface area contributed by atoms with E-state index in [1.54, 1.807) is 45.0 Å². The van der Waals surface area contributed by atoms with E-state index in [-0.39, 0.29) is 0 Å². The number of fused-ring (bicyclic) bond motifs is 1. The fourth-order valence-electron chi connectivity index (χ4n) is 2.63. The number of hydrogen-bond donors (Lipinski definition) is 2. The Kier molecular flexibility index (Phi) is 6.20. The predicted molar refractivity (Wildman–Crippen MR) is 98.3 cm³/mol. The number of nitrogens with one attached hydrogen (secondary N) is 2. The minimum atomic E-state index is -0.920. The van der Waals surface area contributed by atoms with Gasteiger partial charge in [0.25, 0.3) is 11.8 Å². The van der Waals surface area contributed by atoms with Gasteiger partial charge in [-0.05, 0) is 46.2 Å². The van der Waals surface area contributed by atoms with Gasteiger partial charge in [-0.15, -0.1) is 0 Å². The van der Waals surface area contributed by atoms with Crippen LogP contribution in [0.4, 0.5) is 4.79 Å². The smallest absolute Gasteiger partial charge is 0.407 e. The molecule has 1 aliphatic rings. The van der Waals surface area contributed by atoms with Gasteiger partial charge in [0.15, 0.2) is 0 Å². The molecule has 0 radical (unpaired) electrons. The van der Waals surface area contributed by atoms with E-state index in [2.05, 4.69) is 10.6 Å². The minimum Gasteiger partial charge on any atom is -0.444 e. The molecule has 1 aliphatic heterocycles. The Bertz CT molecular complexity index is 719. The maximum absolute atomic E-state index is 12.4. The van der Waals surface area contributed by atoms with Gasteiger partial charge < -0.3 is 15.4 Å². The maximum Gasteiger partial charge on any atom is 0.407 e. The molecule has 0 aromatic heterocycles. The first kappa shape index (κ1) is 20.4. The first-order valence-electron chi connectivity index (χ1n) is 8.83. The molecular weight excluding hydrogens is 350 g/mol. The fraction of sp³-hybridized carbons (Fsp3) is 0.474. The molecule has 4 amide bonds. The lowest BCUT2D eigenvalue weighted by Gasteiger charge is -2.22. The average Bonchev–Trinajstić information content (AvgIpc) is 2.83. The third-order valence-corrected chi connectivity index (χ3v) is 3.91. The number of nitrogens with zero attached hydrogens (tertiary/aromatic N) is 1. The van der Waals surface area contributed by atoms with Gasteiger partial charge in [0.05, 0.1) is 11.1 Å². The number of ether oxygens (including phenoxy) is 1. The van der Waals surface area contributed by atoms with E-state index >= 15 is 0 Å². The van der Waals surface area contributed by atoms with Crippen molar-refractivity contribution in [3.8, 4) is 0 Å². The summed E-state index contributed by atoms with van der Waals surface area (Å²) in [6.45, 7) is 7.45. The van der Waals surface area contributed by atoms with Crippen molar-refractivity contribution in [2.45, 2.75) is 45.8 Å². The molecule has 1 heterocycles. The highest BCUT2D eigenvalue weighted by molar-refractivity contribution is 6.22. The second-order valence-electron chi connectivity index (χ2n) is 7.28. The quantitative estimate of drug-likeness (QED) is 0.582. The van der Waals surface area contributed by atoms with Gasteiger partial charge in [-0.25, -0.2) is 4.79 Å². The van der Waals surface area contributed by atoms with Gasteiger partial charge in [0, 0.05) is 13.1 Å². The summed E-state index contributed by atoms with van der Waals surface area (Å²) in [4.78, 5) is 49.5. The van der Waals surface area contributed by atoms with Gasteiger partial charge in [0.2, 0.25) is 5.91 Å². The highest BCUT2D eigenvalue weighted by Gasteiger charge is 2.40. The van der Waals surface area contributed by atoms with Crippen LogP contribution in [0.2, 0.25) is 0 Å². The van der Waals surface area contributed by atoms with Crippen LogP contribution in [-0.2, 0) is 9.53 Å². The molecule has 2 rings (SSSR count). The van der Waals surface area contributed by atoms with Crippen molar-refractivity contribution in [1.29, 1.82) is 0 Å². The van der Waals surface area contributed by atoms with Crippen LogP contribution in [0, 0.1) is 0 Å². The Balaban J connectivity index is 1.78. The van der Waals surface area contributed by atoms with Crippen molar-refractivity contribution < 1.29 is 23.9 Å². The van der Waals surface area contributed by atoms with E-state index in [4.69, 9.17) is 4.74 Å². The zero-order chi connectivity index (χ0) is 20.2. The molecule has 0 bridgehead atoms. The van der Waals surface area contributed by atoms with E-state index in [1.165, 1.54) is 6.92 Å². The van der Waals surface area contributed by atoms with Crippen LogP contribution in [0.3, 0.4) is 0 Å². The molecule has 8 heteroatoms. The molecule has 1 unspecified atom stereocenters. The molecule has 1 aromatic rings. The number of imide groups is 1. The van der Waals surface area contributed by atoms with Crippen LogP contribution in [0.1, 0.15) is 54.8 Å². The Morgan fingerprint density at radius 1 is 1.04 bits per heavy atom. The summed E-state index contributed by atoms with van der Waals surface area (Å²) in [5.74, 6) is -1.36. The number of rotatable bonds is 6. The fourth-order valence-corrected chi connectivity index (χ4v) is 2.63. The zero-order valence-electron chi connectivity index (χ0n) is 16.0. The molecule has 1 atom stereocenters. The molecule has 146 valence electrons. The highest BCUT2D eigenvalue weighted by atomic mass is 16.6.